The van der Waals surface area contributed by atoms with Gasteiger partial charge in [0.1, 0.15) is 0 Å². The first kappa shape index (κ1) is 13.8. The van der Waals surface area contributed by atoms with Crippen molar-refractivity contribution >= 4 is 18.2 Å². The van der Waals surface area contributed by atoms with Crippen LogP contribution in [-0.4, -0.2) is 5.84 Å². The molecule has 2 nitrogen and oxygen atoms in total. The molecule has 0 bridgehead atoms. The maximum atomic E-state index is 7.28. The molecule has 0 fully saturated rings. The van der Waals surface area contributed by atoms with E-state index >= 15 is 0 Å². The summed E-state index contributed by atoms with van der Waals surface area (Å²) < 4.78 is 0. The molecular formula is C14H19ClN2. The second-order valence-corrected chi connectivity index (χ2v) is 4.45. The first-order valence-electron chi connectivity index (χ1n) is 5.81. The van der Waals surface area contributed by atoms with E-state index in [2.05, 4.69) is 36.4 Å². The lowest BCUT2D eigenvalue weighted by molar-refractivity contribution is 0.595. The van der Waals surface area contributed by atoms with Gasteiger partial charge in [-0.05, 0) is 30.7 Å². The molecule has 0 heterocycles. The summed E-state index contributed by atoms with van der Waals surface area (Å²) in [5, 5.41) is 7.28. The number of benzene rings is 1. The molecule has 0 radical (unpaired) electrons. The molecule has 1 aliphatic carbocycles. The normalized spacial score (nSPS) is 19.1. The number of nitrogens with one attached hydrogen (secondary N) is 1. The Hall–Kier alpha value is -1.28. The maximum absolute atomic E-state index is 7.28. The highest BCUT2D eigenvalue weighted by atomic mass is 35.5. The smallest absolute Gasteiger partial charge is 0.0946 e. The molecule has 0 aliphatic heterocycles. The number of hydrogen-bond acceptors (Lipinski definition) is 1. The van der Waals surface area contributed by atoms with Crippen molar-refractivity contribution in [3.8, 4) is 0 Å². The highest BCUT2D eigenvalue weighted by molar-refractivity contribution is 5.85. The molecule has 1 aromatic carbocycles. The molecule has 1 atom stereocenters. The van der Waals surface area contributed by atoms with Crippen LogP contribution in [0.2, 0.25) is 0 Å². The second-order valence-electron chi connectivity index (χ2n) is 4.45. The molecule has 1 unspecified atom stereocenters. The van der Waals surface area contributed by atoms with Gasteiger partial charge >= 0.3 is 0 Å². The van der Waals surface area contributed by atoms with Crippen molar-refractivity contribution < 1.29 is 0 Å². The van der Waals surface area contributed by atoms with Crippen LogP contribution < -0.4 is 5.73 Å². The lowest BCUT2D eigenvalue weighted by Crippen LogP contribution is -2.13. The van der Waals surface area contributed by atoms with Gasteiger partial charge in [-0.3, -0.25) is 5.41 Å². The van der Waals surface area contributed by atoms with E-state index in [4.69, 9.17) is 11.1 Å². The van der Waals surface area contributed by atoms with E-state index in [0.29, 0.717) is 12.3 Å². The van der Waals surface area contributed by atoms with Crippen molar-refractivity contribution in [1.29, 1.82) is 5.41 Å². The monoisotopic (exact) mass is 250 g/mol. The summed E-state index contributed by atoms with van der Waals surface area (Å²) in [7, 11) is 0. The molecule has 92 valence electrons. The number of nitrogens with two attached hydrogens (primary N) is 1. The Bertz CT molecular complexity index is 398. The van der Waals surface area contributed by atoms with E-state index in [1.807, 2.05) is 0 Å². The van der Waals surface area contributed by atoms with Crippen LogP contribution in [0.5, 0.6) is 0 Å². The fourth-order valence-corrected chi connectivity index (χ4v) is 2.32. The van der Waals surface area contributed by atoms with Gasteiger partial charge in [-0.25, -0.2) is 0 Å². The van der Waals surface area contributed by atoms with Gasteiger partial charge in [-0.1, -0.05) is 42.0 Å². The predicted molar refractivity (Wildman–Crippen MR) is 74.9 cm³/mol. The molecule has 0 amide bonds. The Labute approximate surface area is 109 Å². The summed E-state index contributed by atoms with van der Waals surface area (Å²) >= 11 is 0. The van der Waals surface area contributed by atoms with Crippen LogP contribution in [0.4, 0.5) is 0 Å². The van der Waals surface area contributed by atoms with Gasteiger partial charge in [0.25, 0.3) is 0 Å². The van der Waals surface area contributed by atoms with E-state index in [1.54, 1.807) is 0 Å². The zero-order valence-corrected chi connectivity index (χ0v) is 10.7. The van der Waals surface area contributed by atoms with Gasteiger partial charge in [0.15, 0.2) is 0 Å². The number of hydrogen-bond donors (Lipinski definition) is 2. The van der Waals surface area contributed by atoms with Gasteiger partial charge < -0.3 is 5.73 Å². The fraction of sp³-hybridized carbons (Fsp3) is 0.357. The minimum absolute atomic E-state index is 0. The number of halogens is 1. The van der Waals surface area contributed by atoms with Gasteiger partial charge in [0, 0.05) is 6.42 Å². The van der Waals surface area contributed by atoms with Crippen molar-refractivity contribution in [2.45, 2.75) is 31.6 Å². The predicted octanol–water partition coefficient (Wildman–Crippen LogP) is 3.63. The van der Waals surface area contributed by atoms with E-state index < -0.39 is 0 Å². The maximum Gasteiger partial charge on any atom is 0.0946 e. The average molecular weight is 251 g/mol. The standard InChI is InChI=1S/C14H18N2.ClH/c15-14(16)10-11-6-8-13(9-7-11)12-4-2-1-3-5-12;/h1-6,13H,7-10H2,(H3,15,16);1H. The van der Waals surface area contributed by atoms with E-state index in [0.717, 1.165) is 12.8 Å². The summed E-state index contributed by atoms with van der Waals surface area (Å²) in [6.45, 7) is 0. The molecule has 0 saturated heterocycles. The van der Waals surface area contributed by atoms with E-state index in [1.165, 1.54) is 17.6 Å². The van der Waals surface area contributed by atoms with Crippen LogP contribution >= 0.6 is 12.4 Å². The molecule has 1 aromatic rings. The Balaban J connectivity index is 0.00000144. The van der Waals surface area contributed by atoms with Crippen LogP contribution in [0.1, 0.15) is 37.2 Å². The van der Waals surface area contributed by atoms with Crippen LogP contribution in [0, 0.1) is 5.41 Å². The van der Waals surface area contributed by atoms with Crippen molar-refractivity contribution in [3.63, 3.8) is 0 Å². The molecule has 0 saturated carbocycles. The summed E-state index contributed by atoms with van der Waals surface area (Å²) in [5.41, 5.74) is 8.18. The van der Waals surface area contributed by atoms with E-state index in [-0.39, 0.29) is 18.2 Å². The lowest BCUT2D eigenvalue weighted by atomic mass is 9.84. The topological polar surface area (TPSA) is 49.9 Å². The highest BCUT2D eigenvalue weighted by Gasteiger charge is 2.15. The van der Waals surface area contributed by atoms with E-state index in [9.17, 15) is 0 Å². The van der Waals surface area contributed by atoms with Gasteiger partial charge in [-0.15, -0.1) is 12.4 Å². The third kappa shape index (κ3) is 3.90. The van der Waals surface area contributed by atoms with Crippen molar-refractivity contribution in [1.82, 2.24) is 0 Å². The molecule has 2 rings (SSSR count). The Morgan fingerprint density at radius 3 is 2.53 bits per heavy atom. The minimum atomic E-state index is 0. The molecule has 3 N–H and O–H groups in total. The average Bonchev–Trinajstić information content (AvgIpc) is 2.30. The highest BCUT2D eigenvalue weighted by Crippen LogP contribution is 2.32. The summed E-state index contributed by atoms with van der Waals surface area (Å²) in [4.78, 5) is 0. The summed E-state index contributed by atoms with van der Waals surface area (Å²) in [5.74, 6) is 0.932. The molecule has 3 heteroatoms. The van der Waals surface area contributed by atoms with Crippen molar-refractivity contribution in [3.05, 3.63) is 47.5 Å². The van der Waals surface area contributed by atoms with Crippen LogP contribution in [-0.2, 0) is 0 Å². The zero-order valence-electron chi connectivity index (χ0n) is 9.86. The van der Waals surface area contributed by atoms with Crippen LogP contribution in [0.25, 0.3) is 0 Å². The fourth-order valence-electron chi connectivity index (χ4n) is 2.32. The summed E-state index contributed by atoms with van der Waals surface area (Å²) in [6, 6.07) is 10.7. The molecule has 0 aromatic heterocycles. The SMILES string of the molecule is Cl.N=C(N)CC1=CCC(c2ccccc2)CC1. The van der Waals surface area contributed by atoms with Crippen LogP contribution in [0.3, 0.4) is 0 Å². The Morgan fingerprint density at radius 1 is 1.29 bits per heavy atom. The minimum Gasteiger partial charge on any atom is -0.387 e. The first-order chi connectivity index (χ1) is 7.75. The number of amidine groups is 1. The third-order valence-electron chi connectivity index (χ3n) is 3.19. The zero-order chi connectivity index (χ0) is 11.4. The molecular weight excluding hydrogens is 232 g/mol. The van der Waals surface area contributed by atoms with Crippen molar-refractivity contribution in [2.24, 2.45) is 5.73 Å². The van der Waals surface area contributed by atoms with Crippen molar-refractivity contribution in [2.75, 3.05) is 0 Å². The molecule has 1 aliphatic rings. The number of allylic oxidation sites excluding steroid dienone is 1. The first-order valence-corrected chi connectivity index (χ1v) is 5.81. The van der Waals surface area contributed by atoms with Gasteiger partial charge in [0.05, 0.1) is 5.84 Å². The van der Waals surface area contributed by atoms with Crippen LogP contribution in [0.15, 0.2) is 42.0 Å². The largest absolute Gasteiger partial charge is 0.387 e. The second kappa shape index (κ2) is 6.45. The quantitative estimate of drug-likeness (QED) is 0.480. The molecule has 0 spiro atoms. The Kier molecular flexibility index (Phi) is 5.23. The molecule has 17 heavy (non-hydrogen) atoms. The summed E-state index contributed by atoms with van der Waals surface area (Å²) in [6.07, 6.45) is 6.28. The van der Waals surface area contributed by atoms with Gasteiger partial charge in [0.2, 0.25) is 0 Å². The lowest BCUT2D eigenvalue weighted by Gasteiger charge is -2.22. The number of rotatable bonds is 3. The third-order valence-corrected chi connectivity index (χ3v) is 3.19. The van der Waals surface area contributed by atoms with Gasteiger partial charge in [-0.2, -0.15) is 0 Å². The Morgan fingerprint density at radius 2 is 2.00 bits per heavy atom.